The number of morpholine rings is 1. The van der Waals surface area contributed by atoms with Crippen LogP contribution in [0.3, 0.4) is 0 Å². The Morgan fingerprint density at radius 1 is 1.17 bits per heavy atom. The van der Waals surface area contributed by atoms with Crippen molar-refractivity contribution in [1.82, 2.24) is 24.8 Å². The molecule has 3 rings (SSSR count). The van der Waals surface area contributed by atoms with Crippen molar-refractivity contribution in [3.8, 4) is 0 Å². The summed E-state index contributed by atoms with van der Waals surface area (Å²) in [6, 6.07) is 0.120. The van der Waals surface area contributed by atoms with Gasteiger partial charge in [-0.3, -0.25) is 14.6 Å². The lowest BCUT2D eigenvalue weighted by Crippen LogP contribution is -2.51. The highest BCUT2D eigenvalue weighted by Gasteiger charge is 2.27. The Bertz CT molecular complexity index is 536. The minimum Gasteiger partial charge on any atom is -0.378 e. The summed E-state index contributed by atoms with van der Waals surface area (Å²) >= 11 is 0. The van der Waals surface area contributed by atoms with Crippen LogP contribution in [0.2, 0.25) is 0 Å². The molecule has 2 saturated heterocycles. The van der Waals surface area contributed by atoms with Gasteiger partial charge in [-0.1, -0.05) is 12.1 Å². The van der Waals surface area contributed by atoms with Crippen LogP contribution in [0.25, 0.3) is 0 Å². The molecule has 2 fully saturated rings. The Labute approximate surface area is 142 Å². The van der Waals surface area contributed by atoms with E-state index in [1.807, 2.05) is 11.8 Å². The Kier molecular flexibility index (Phi) is 5.80. The highest BCUT2D eigenvalue weighted by molar-refractivity contribution is 5.78. The number of aromatic nitrogens is 2. The molecule has 1 atom stereocenters. The average molecular weight is 337 g/mol. The number of nitrogens with zero attached hydrogens (tertiary/aromatic N) is 5. The molecule has 1 aromatic rings. The SMILES string of the molecule is CCc1noc([C@H](C)N2CCN(CC(=O)N3CCOCC3)CC2)n1. The van der Waals surface area contributed by atoms with Gasteiger partial charge in [-0.05, 0) is 6.92 Å². The molecule has 0 spiro atoms. The Morgan fingerprint density at radius 3 is 2.50 bits per heavy atom. The first-order chi connectivity index (χ1) is 11.7. The smallest absolute Gasteiger partial charge is 0.243 e. The normalized spacial score (nSPS) is 21.8. The topological polar surface area (TPSA) is 74.9 Å². The van der Waals surface area contributed by atoms with Gasteiger partial charge in [0.25, 0.3) is 0 Å². The number of carbonyl (C=O) groups is 1. The van der Waals surface area contributed by atoms with Crippen molar-refractivity contribution in [2.45, 2.75) is 26.3 Å². The van der Waals surface area contributed by atoms with Crippen molar-refractivity contribution in [2.75, 3.05) is 59.0 Å². The lowest BCUT2D eigenvalue weighted by molar-refractivity contribution is -0.137. The molecule has 1 amide bonds. The summed E-state index contributed by atoms with van der Waals surface area (Å²) in [6.45, 7) is 10.9. The van der Waals surface area contributed by atoms with Crippen LogP contribution in [0.15, 0.2) is 4.52 Å². The molecule has 0 bridgehead atoms. The van der Waals surface area contributed by atoms with Crippen LogP contribution in [0.5, 0.6) is 0 Å². The third kappa shape index (κ3) is 4.12. The predicted molar refractivity (Wildman–Crippen MR) is 87.5 cm³/mol. The highest BCUT2D eigenvalue weighted by Crippen LogP contribution is 2.20. The quantitative estimate of drug-likeness (QED) is 0.758. The molecule has 0 unspecified atom stereocenters. The molecule has 0 saturated carbocycles. The standard InChI is InChI=1S/C16H27N5O3/c1-3-14-17-16(24-18-14)13(2)20-6-4-19(5-7-20)12-15(22)21-8-10-23-11-9-21/h13H,3-12H2,1-2H3/t13-/m0/s1. The lowest BCUT2D eigenvalue weighted by atomic mass is 10.2. The number of carbonyl (C=O) groups excluding carboxylic acids is 1. The van der Waals surface area contributed by atoms with E-state index >= 15 is 0 Å². The molecule has 8 nitrogen and oxygen atoms in total. The summed E-state index contributed by atoms with van der Waals surface area (Å²) in [5.41, 5.74) is 0. The van der Waals surface area contributed by atoms with Gasteiger partial charge in [0.05, 0.1) is 25.8 Å². The van der Waals surface area contributed by atoms with Crippen molar-refractivity contribution in [1.29, 1.82) is 0 Å². The number of hydrogen-bond donors (Lipinski definition) is 0. The second-order valence-electron chi connectivity index (χ2n) is 6.38. The summed E-state index contributed by atoms with van der Waals surface area (Å²) in [4.78, 5) is 23.2. The van der Waals surface area contributed by atoms with Crippen LogP contribution in [-0.2, 0) is 16.0 Å². The predicted octanol–water partition coefficient (Wildman–Crippen LogP) is 0.169. The van der Waals surface area contributed by atoms with Crippen LogP contribution >= 0.6 is 0 Å². The molecular formula is C16H27N5O3. The molecule has 0 radical (unpaired) electrons. The largest absolute Gasteiger partial charge is 0.378 e. The zero-order valence-corrected chi connectivity index (χ0v) is 14.6. The molecule has 134 valence electrons. The highest BCUT2D eigenvalue weighted by atomic mass is 16.5. The lowest BCUT2D eigenvalue weighted by Gasteiger charge is -2.37. The Morgan fingerprint density at radius 2 is 1.88 bits per heavy atom. The van der Waals surface area contributed by atoms with E-state index in [4.69, 9.17) is 9.26 Å². The van der Waals surface area contributed by atoms with Crippen LogP contribution in [0.4, 0.5) is 0 Å². The minimum atomic E-state index is 0.120. The molecule has 0 aliphatic carbocycles. The van der Waals surface area contributed by atoms with Crippen LogP contribution in [0, 0.1) is 0 Å². The molecule has 0 N–H and O–H groups in total. The summed E-state index contributed by atoms with van der Waals surface area (Å²) in [6.07, 6.45) is 0.785. The van der Waals surface area contributed by atoms with Crippen LogP contribution in [-0.4, -0.2) is 89.8 Å². The first-order valence-corrected chi connectivity index (χ1v) is 8.81. The molecule has 1 aromatic heterocycles. The van der Waals surface area contributed by atoms with Gasteiger partial charge in [-0.15, -0.1) is 0 Å². The summed E-state index contributed by atoms with van der Waals surface area (Å²) in [5, 5.41) is 3.97. The maximum atomic E-state index is 12.3. The Balaban J connectivity index is 1.45. The van der Waals surface area contributed by atoms with E-state index in [1.54, 1.807) is 0 Å². The maximum absolute atomic E-state index is 12.3. The number of ether oxygens (including phenoxy) is 1. The van der Waals surface area contributed by atoms with Gasteiger partial charge in [0.15, 0.2) is 5.82 Å². The van der Waals surface area contributed by atoms with E-state index in [0.29, 0.717) is 38.7 Å². The molecular weight excluding hydrogens is 310 g/mol. The van der Waals surface area contributed by atoms with E-state index in [2.05, 4.69) is 26.9 Å². The summed E-state index contributed by atoms with van der Waals surface area (Å²) < 4.78 is 10.7. The second kappa shape index (κ2) is 8.04. The number of amides is 1. The van der Waals surface area contributed by atoms with Gasteiger partial charge < -0.3 is 14.2 Å². The molecule has 24 heavy (non-hydrogen) atoms. The minimum absolute atomic E-state index is 0.120. The van der Waals surface area contributed by atoms with Crippen LogP contribution < -0.4 is 0 Å². The van der Waals surface area contributed by atoms with Crippen molar-refractivity contribution in [3.05, 3.63) is 11.7 Å². The zero-order valence-electron chi connectivity index (χ0n) is 14.6. The Hall–Kier alpha value is -1.51. The molecule has 2 aliphatic rings. The van der Waals surface area contributed by atoms with Gasteiger partial charge in [0, 0.05) is 45.7 Å². The number of hydrogen-bond acceptors (Lipinski definition) is 7. The maximum Gasteiger partial charge on any atom is 0.243 e. The third-order valence-corrected chi connectivity index (χ3v) is 4.83. The van der Waals surface area contributed by atoms with E-state index in [0.717, 1.165) is 38.4 Å². The number of aryl methyl sites for hydroxylation is 1. The number of piperazine rings is 1. The van der Waals surface area contributed by atoms with Crippen molar-refractivity contribution in [2.24, 2.45) is 0 Å². The van der Waals surface area contributed by atoms with Crippen molar-refractivity contribution < 1.29 is 14.1 Å². The van der Waals surface area contributed by atoms with E-state index < -0.39 is 0 Å². The molecule has 2 aliphatic heterocycles. The first kappa shape index (κ1) is 17.3. The summed E-state index contributed by atoms with van der Waals surface area (Å²) in [7, 11) is 0. The van der Waals surface area contributed by atoms with Gasteiger partial charge >= 0.3 is 0 Å². The van der Waals surface area contributed by atoms with E-state index in [-0.39, 0.29) is 11.9 Å². The fourth-order valence-corrected chi connectivity index (χ4v) is 3.15. The van der Waals surface area contributed by atoms with Crippen LogP contribution in [0.1, 0.15) is 31.6 Å². The molecule has 8 heteroatoms. The first-order valence-electron chi connectivity index (χ1n) is 8.81. The van der Waals surface area contributed by atoms with Gasteiger partial charge in [-0.2, -0.15) is 4.98 Å². The second-order valence-corrected chi connectivity index (χ2v) is 6.38. The van der Waals surface area contributed by atoms with E-state index in [9.17, 15) is 4.79 Å². The van der Waals surface area contributed by atoms with Gasteiger partial charge in [0.2, 0.25) is 11.8 Å². The zero-order chi connectivity index (χ0) is 16.9. The van der Waals surface area contributed by atoms with Crippen molar-refractivity contribution in [3.63, 3.8) is 0 Å². The van der Waals surface area contributed by atoms with Gasteiger partial charge in [0.1, 0.15) is 0 Å². The van der Waals surface area contributed by atoms with Crippen molar-refractivity contribution >= 4 is 5.91 Å². The fraction of sp³-hybridized carbons (Fsp3) is 0.812. The average Bonchev–Trinajstić information content (AvgIpc) is 3.11. The number of rotatable bonds is 5. The molecule has 0 aromatic carbocycles. The van der Waals surface area contributed by atoms with E-state index in [1.165, 1.54) is 0 Å². The fourth-order valence-electron chi connectivity index (χ4n) is 3.15. The summed E-state index contributed by atoms with van der Waals surface area (Å²) in [5.74, 6) is 1.65. The molecule has 3 heterocycles. The monoisotopic (exact) mass is 337 g/mol. The third-order valence-electron chi connectivity index (χ3n) is 4.83. The van der Waals surface area contributed by atoms with Gasteiger partial charge in [-0.25, -0.2) is 0 Å².